The molecule has 0 aromatic heterocycles. The first-order valence-corrected chi connectivity index (χ1v) is 4.33. The molecule has 1 unspecified atom stereocenters. The molecule has 2 radical (unpaired) electrons. The Morgan fingerprint density at radius 1 is 1.30 bits per heavy atom. The molecule has 0 spiro atoms. The minimum absolute atomic E-state index is 0.274. The summed E-state index contributed by atoms with van der Waals surface area (Å²) in [4.78, 5) is 0. The number of unbranched alkanes of at least 4 members (excludes halogenated alkanes) is 1. The summed E-state index contributed by atoms with van der Waals surface area (Å²) in [5, 5.41) is 0. The fraction of sp³-hybridized carbons (Fsp3) is 0.800. The lowest BCUT2D eigenvalue weighted by Gasteiger charge is -2.25. The maximum atomic E-state index is 4.18. The van der Waals surface area contributed by atoms with Crippen LogP contribution in [0.3, 0.4) is 0 Å². The standard InChI is InChI=1S/C10H20/c1-5-8-9-10(4,6-2)7-3/h2,4-9H2,1,3H3. The summed E-state index contributed by atoms with van der Waals surface area (Å²) in [7, 11) is 0. The zero-order valence-corrected chi connectivity index (χ0v) is 7.45. The van der Waals surface area contributed by atoms with Crippen molar-refractivity contribution >= 4 is 0 Å². The minimum Gasteiger partial charge on any atom is -0.0654 e. The molecule has 0 N–H and O–H groups in total. The van der Waals surface area contributed by atoms with Gasteiger partial charge in [-0.15, -0.1) is 0 Å². The smallest absolute Gasteiger partial charge is 0.0300 e. The molecular formula is C10H20. The van der Waals surface area contributed by atoms with Gasteiger partial charge in [-0.3, -0.25) is 0 Å². The summed E-state index contributed by atoms with van der Waals surface area (Å²) in [5.41, 5.74) is 0.274. The quantitative estimate of drug-likeness (QED) is 0.547. The summed E-state index contributed by atoms with van der Waals surface area (Å²) in [5.74, 6) is 0. The third-order valence-electron chi connectivity index (χ3n) is 2.34. The van der Waals surface area contributed by atoms with E-state index in [9.17, 15) is 0 Å². The van der Waals surface area contributed by atoms with E-state index in [0.29, 0.717) is 0 Å². The van der Waals surface area contributed by atoms with Gasteiger partial charge in [-0.25, -0.2) is 0 Å². The lowest BCUT2D eigenvalue weighted by molar-refractivity contribution is 0.324. The number of hydrogen-bond donors (Lipinski definition) is 0. The van der Waals surface area contributed by atoms with Gasteiger partial charge in [0.2, 0.25) is 0 Å². The molecule has 0 fully saturated rings. The molecule has 0 saturated heterocycles. The van der Waals surface area contributed by atoms with Crippen molar-refractivity contribution in [3.63, 3.8) is 0 Å². The lowest BCUT2D eigenvalue weighted by Crippen LogP contribution is -2.13. The zero-order chi connectivity index (χ0) is 8.04. The van der Waals surface area contributed by atoms with Gasteiger partial charge < -0.3 is 0 Å². The fourth-order valence-electron chi connectivity index (χ4n) is 1.03. The first kappa shape index (κ1) is 10.0. The van der Waals surface area contributed by atoms with Gasteiger partial charge in [0.1, 0.15) is 0 Å². The predicted molar refractivity (Wildman–Crippen MR) is 47.6 cm³/mol. The zero-order valence-electron chi connectivity index (χ0n) is 7.45. The Hall–Kier alpha value is 0. The molecule has 1 atom stereocenters. The van der Waals surface area contributed by atoms with E-state index in [-0.39, 0.29) is 5.41 Å². The van der Waals surface area contributed by atoms with Crippen LogP contribution in [0.1, 0.15) is 46.0 Å². The Morgan fingerprint density at radius 2 is 1.90 bits per heavy atom. The molecule has 0 amide bonds. The second-order valence-electron chi connectivity index (χ2n) is 3.21. The van der Waals surface area contributed by atoms with Crippen molar-refractivity contribution in [1.82, 2.24) is 0 Å². The van der Waals surface area contributed by atoms with Gasteiger partial charge in [0, 0.05) is 0 Å². The molecular weight excluding hydrogens is 120 g/mol. The molecule has 0 bridgehead atoms. The highest BCUT2D eigenvalue weighted by atomic mass is 14.2. The van der Waals surface area contributed by atoms with Crippen molar-refractivity contribution in [3.8, 4) is 0 Å². The van der Waals surface area contributed by atoms with E-state index in [1.165, 1.54) is 19.3 Å². The van der Waals surface area contributed by atoms with E-state index in [2.05, 4.69) is 27.7 Å². The third-order valence-corrected chi connectivity index (χ3v) is 2.34. The molecule has 10 heavy (non-hydrogen) atoms. The molecule has 0 heterocycles. The summed E-state index contributed by atoms with van der Waals surface area (Å²) in [6, 6.07) is 0. The Morgan fingerprint density at radius 3 is 2.20 bits per heavy atom. The molecule has 0 aromatic rings. The van der Waals surface area contributed by atoms with E-state index in [1.807, 2.05) is 0 Å². The Bertz CT molecular complexity index is 70.1. The number of rotatable bonds is 5. The molecule has 0 heteroatoms. The monoisotopic (exact) mass is 140 g/mol. The molecule has 60 valence electrons. The Kier molecular flexibility index (Phi) is 4.76. The van der Waals surface area contributed by atoms with Gasteiger partial charge in [0.05, 0.1) is 0 Å². The van der Waals surface area contributed by atoms with Gasteiger partial charge in [0.25, 0.3) is 0 Å². The maximum Gasteiger partial charge on any atom is -0.0300 e. The van der Waals surface area contributed by atoms with Crippen molar-refractivity contribution in [2.45, 2.75) is 46.0 Å². The van der Waals surface area contributed by atoms with Gasteiger partial charge in [-0.2, -0.15) is 0 Å². The Balaban J connectivity index is 3.58. The molecule has 0 rings (SSSR count). The average molecular weight is 140 g/mol. The summed E-state index contributed by atoms with van der Waals surface area (Å²) in [6.07, 6.45) is 5.95. The van der Waals surface area contributed by atoms with Crippen LogP contribution in [0, 0.1) is 19.3 Å². The van der Waals surface area contributed by atoms with E-state index in [4.69, 9.17) is 0 Å². The first-order chi connectivity index (χ1) is 4.68. The van der Waals surface area contributed by atoms with E-state index < -0.39 is 0 Å². The normalized spacial score (nSPS) is 12.0. The molecule has 0 aliphatic rings. The van der Waals surface area contributed by atoms with E-state index in [1.54, 1.807) is 0 Å². The minimum atomic E-state index is 0.274. The SMILES string of the molecule is [CH2]CC([CH2])(CC)CCCC. The highest BCUT2D eigenvalue weighted by Gasteiger charge is 2.17. The summed E-state index contributed by atoms with van der Waals surface area (Å²) >= 11 is 0. The van der Waals surface area contributed by atoms with Crippen LogP contribution in [0.25, 0.3) is 0 Å². The third kappa shape index (κ3) is 3.24. The van der Waals surface area contributed by atoms with Crippen LogP contribution in [0.2, 0.25) is 0 Å². The second kappa shape index (κ2) is 4.76. The first-order valence-electron chi connectivity index (χ1n) is 4.33. The van der Waals surface area contributed by atoms with E-state index >= 15 is 0 Å². The van der Waals surface area contributed by atoms with Crippen LogP contribution in [0.15, 0.2) is 0 Å². The van der Waals surface area contributed by atoms with Gasteiger partial charge >= 0.3 is 0 Å². The van der Waals surface area contributed by atoms with Crippen LogP contribution < -0.4 is 0 Å². The average Bonchev–Trinajstić information content (AvgIpc) is 2.00. The largest absolute Gasteiger partial charge is 0.0654 e. The second-order valence-corrected chi connectivity index (χ2v) is 3.21. The Labute approximate surface area is 66.0 Å². The van der Waals surface area contributed by atoms with Crippen LogP contribution >= 0.6 is 0 Å². The molecule has 0 aliphatic heterocycles. The van der Waals surface area contributed by atoms with Crippen molar-refractivity contribution in [2.24, 2.45) is 5.41 Å². The van der Waals surface area contributed by atoms with Crippen LogP contribution in [0.4, 0.5) is 0 Å². The molecule has 0 aromatic carbocycles. The predicted octanol–water partition coefficient (Wildman–Crippen LogP) is 3.63. The van der Waals surface area contributed by atoms with Crippen molar-refractivity contribution in [3.05, 3.63) is 13.8 Å². The van der Waals surface area contributed by atoms with Crippen molar-refractivity contribution in [1.29, 1.82) is 0 Å². The molecule has 0 aliphatic carbocycles. The molecule has 0 nitrogen and oxygen atoms in total. The van der Waals surface area contributed by atoms with Gasteiger partial charge in [-0.05, 0) is 25.2 Å². The van der Waals surface area contributed by atoms with Crippen LogP contribution in [-0.4, -0.2) is 0 Å². The van der Waals surface area contributed by atoms with Crippen molar-refractivity contribution in [2.75, 3.05) is 0 Å². The maximum absolute atomic E-state index is 4.18. The van der Waals surface area contributed by atoms with Gasteiger partial charge in [0.15, 0.2) is 0 Å². The lowest BCUT2D eigenvalue weighted by atomic mass is 9.80. The topological polar surface area (TPSA) is 0 Å². The van der Waals surface area contributed by atoms with E-state index in [0.717, 1.165) is 12.8 Å². The summed E-state index contributed by atoms with van der Waals surface area (Å²) < 4.78 is 0. The molecule has 0 saturated carbocycles. The number of hydrogen-bond acceptors (Lipinski definition) is 0. The summed E-state index contributed by atoms with van der Waals surface area (Å²) in [6.45, 7) is 12.5. The highest BCUT2D eigenvalue weighted by Crippen LogP contribution is 2.30. The van der Waals surface area contributed by atoms with Crippen molar-refractivity contribution < 1.29 is 0 Å². The fourth-order valence-corrected chi connectivity index (χ4v) is 1.03. The van der Waals surface area contributed by atoms with Crippen LogP contribution in [-0.2, 0) is 0 Å². The van der Waals surface area contributed by atoms with Crippen LogP contribution in [0.5, 0.6) is 0 Å². The van der Waals surface area contributed by atoms with Gasteiger partial charge in [-0.1, -0.05) is 40.0 Å². The highest BCUT2D eigenvalue weighted by molar-refractivity contribution is 4.80.